The molecule has 0 aliphatic heterocycles. The summed E-state index contributed by atoms with van der Waals surface area (Å²) < 4.78 is 68.9. The molecule has 0 saturated carbocycles. The van der Waals surface area contributed by atoms with Crippen LogP contribution in [0.15, 0.2) is 33.7 Å². The normalized spacial score (nSPS) is 12.6. The van der Waals surface area contributed by atoms with Gasteiger partial charge in [0.15, 0.2) is 5.76 Å². The van der Waals surface area contributed by atoms with Crippen LogP contribution in [0.2, 0.25) is 0 Å². The van der Waals surface area contributed by atoms with Crippen LogP contribution >= 0.6 is 0 Å². The average molecular weight is 348 g/mol. The predicted octanol–water partition coefficient (Wildman–Crippen LogP) is 2.83. The van der Waals surface area contributed by atoms with Crippen molar-refractivity contribution in [2.45, 2.75) is 31.3 Å². The summed E-state index contributed by atoms with van der Waals surface area (Å²) in [6.07, 6.45) is -4.12. The van der Waals surface area contributed by atoms with Crippen LogP contribution in [0.4, 0.5) is 13.2 Å². The van der Waals surface area contributed by atoms with Crippen molar-refractivity contribution in [2.75, 3.05) is 6.54 Å². The van der Waals surface area contributed by atoms with Crippen molar-refractivity contribution >= 4 is 10.0 Å². The molecule has 2 rings (SSSR count). The maximum Gasteiger partial charge on any atom is 0.416 e. The lowest BCUT2D eigenvalue weighted by Crippen LogP contribution is -2.26. The van der Waals surface area contributed by atoms with Gasteiger partial charge in [0, 0.05) is 6.54 Å². The third kappa shape index (κ3) is 4.11. The zero-order valence-corrected chi connectivity index (χ0v) is 13.3. The van der Waals surface area contributed by atoms with Crippen LogP contribution in [0.1, 0.15) is 22.6 Å². The van der Waals surface area contributed by atoms with Crippen molar-refractivity contribution in [3.8, 4) is 0 Å². The van der Waals surface area contributed by atoms with Crippen molar-refractivity contribution < 1.29 is 26.1 Å². The standard InChI is InChI=1S/C14H15F3N2O3S/c1-9-13(10(2)22-19-9)23(20,21)18-8-7-11-3-5-12(6-4-11)14(15,16)17/h3-6,18H,7-8H2,1-2H3. The number of sulfonamides is 1. The SMILES string of the molecule is Cc1noc(C)c1S(=O)(=O)NCCc1ccc(C(F)(F)F)cc1. The first-order valence-corrected chi connectivity index (χ1v) is 8.18. The average Bonchev–Trinajstić information content (AvgIpc) is 2.78. The van der Waals surface area contributed by atoms with Gasteiger partial charge < -0.3 is 4.52 Å². The summed E-state index contributed by atoms with van der Waals surface area (Å²) in [6.45, 7) is 3.06. The molecule has 126 valence electrons. The Morgan fingerprint density at radius 3 is 2.26 bits per heavy atom. The highest BCUT2D eigenvalue weighted by atomic mass is 32.2. The molecule has 0 amide bonds. The molecule has 0 aliphatic rings. The summed E-state index contributed by atoms with van der Waals surface area (Å²) >= 11 is 0. The zero-order valence-electron chi connectivity index (χ0n) is 12.4. The molecule has 0 fully saturated rings. The van der Waals surface area contributed by atoms with E-state index in [4.69, 9.17) is 4.52 Å². The van der Waals surface area contributed by atoms with Gasteiger partial charge in [-0.05, 0) is 38.0 Å². The lowest BCUT2D eigenvalue weighted by molar-refractivity contribution is -0.137. The monoisotopic (exact) mass is 348 g/mol. The maximum atomic E-state index is 12.5. The minimum atomic E-state index is -4.39. The number of rotatable bonds is 5. The Hall–Kier alpha value is -1.87. The van der Waals surface area contributed by atoms with Crippen molar-refractivity contribution in [2.24, 2.45) is 0 Å². The van der Waals surface area contributed by atoms with Crippen LogP contribution in [-0.4, -0.2) is 20.1 Å². The van der Waals surface area contributed by atoms with E-state index in [1.807, 2.05) is 0 Å². The molecule has 0 bridgehead atoms. The van der Waals surface area contributed by atoms with Gasteiger partial charge in [0.2, 0.25) is 10.0 Å². The zero-order chi connectivity index (χ0) is 17.3. The van der Waals surface area contributed by atoms with Gasteiger partial charge in [-0.1, -0.05) is 17.3 Å². The Bertz CT molecular complexity index is 761. The second-order valence-corrected chi connectivity index (χ2v) is 6.70. The number of nitrogens with one attached hydrogen (secondary N) is 1. The van der Waals surface area contributed by atoms with Gasteiger partial charge >= 0.3 is 6.18 Å². The Kier molecular flexibility index (Phi) is 4.81. The number of aromatic nitrogens is 1. The fraction of sp³-hybridized carbons (Fsp3) is 0.357. The quantitative estimate of drug-likeness (QED) is 0.902. The number of aryl methyl sites for hydroxylation is 2. The van der Waals surface area contributed by atoms with Gasteiger partial charge in [0.05, 0.1) is 5.56 Å². The first kappa shape index (κ1) is 17.5. The van der Waals surface area contributed by atoms with Crippen molar-refractivity contribution in [1.29, 1.82) is 0 Å². The Balaban J connectivity index is 2.00. The smallest absolute Gasteiger partial charge is 0.360 e. The summed E-state index contributed by atoms with van der Waals surface area (Å²) in [6, 6.07) is 4.59. The highest BCUT2D eigenvalue weighted by Crippen LogP contribution is 2.29. The topological polar surface area (TPSA) is 72.2 Å². The first-order chi connectivity index (χ1) is 10.6. The molecular formula is C14H15F3N2O3S. The Morgan fingerprint density at radius 1 is 1.17 bits per heavy atom. The van der Waals surface area contributed by atoms with Crippen molar-refractivity contribution in [1.82, 2.24) is 9.88 Å². The summed E-state index contributed by atoms with van der Waals surface area (Å²) in [5.41, 5.74) is 0.113. The number of hydrogen-bond acceptors (Lipinski definition) is 4. The second kappa shape index (κ2) is 6.32. The summed E-state index contributed by atoms with van der Waals surface area (Å²) in [7, 11) is -3.77. The van der Waals surface area contributed by atoms with E-state index >= 15 is 0 Å². The maximum absolute atomic E-state index is 12.5. The van der Waals surface area contributed by atoms with Crippen LogP contribution in [0.5, 0.6) is 0 Å². The highest BCUT2D eigenvalue weighted by molar-refractivity contribution is 7.89. The van der Waals surface area contributed by atoms with E-state index in [2.05, 4.69) is 9.88 Å². The first-order valence-electron chi connectivity index (χ1n) is 6.70. The molecule has 0 atom stereocenters. The van der Waals surface area contributed by atoms with Crippen LogP contribution in [0.25, 0.3) is 0 Å². The largest absolute Gasteiger partial charge is 0.416 e. The number of alkyl halides is 3. The van der Waals surface area contributed by atoms with E-state index in [0.29, 0.717) is 5.56 Å². The van der Waals surface area contributed by atoms with E-state index < -0.39 is 21.8 Å². The van der Waals surface area contributed by atoms with Gasteiger partial charge in [-0.3, -0.25) is 0 Å². The molecule has 1 heterocycles. The molecule has 9 heteroatoms. The number of benzene rings is 1. The van der Waals surface area contributed by atoms with E-state index in [-0.39, 0.29) is 29.3 Å². The minimum absolute atomic E-state index is 0.00933. The van der Waals surface area contributed by atoms with Gasteiger partial charge in [-0.25, -0.2) is 13.1 Å². The lowest BCUT2D eigenvalue weighted by Gasteiger charge is -2.08. The van der Waals surface area contributed by atoms with Crippen LogP contribution in [-0.2, 0) is 22.6 Å². The van der Waals surface area contributed by atoms with E-state index in [1.54, 1.807) is 0 Å². The highest BCUT2D eigenvalue weighted by Gasteiger charge is 2.30. The van der Waals surface area contributed by atoms with Crippen molar-refractivity contribution in [3.63, 3.8) is 0 Å². The number of hydrogen-bond donors (Lipinski definition) is 1. The van der Waals surface area contributed by atoms with E-state index in [0.717, 1.165) is 12.1 Å². The van der Waals surface area contributed by atoms with Crippen LogP contribution in [0.3, 0.4) is 0 Å². The molecule has 5 nitrogen and oxygen atoms in total. The van der Waals surface area contributed by atoms with Gasteiger partial charge in [0.1, 0.15) is 10.6 Å². The molecule has 1 aromatic heterocycles. The van der Waals surface area contributed by atoms with E-state index in [1.165, 1.54) is 26.0 Å². The van der Waals surface area contributed by atoms with Crippen LogP contribution < -0.4 is 4.72 Å². The summed E-state index contributed by atoms with van der Waals surface area (Å²) in [5.74, 6) is 0.185. The molecular weight excluding hydrogens is 333 g/mol. The fourth-order valence-corrected chi connectivity index (χ4v) is 3.48. The molecule has 0 aliphatic carbocycles. The summed E-state index contributed by atoms with van der Waals surface area (Å²) in [4.78, 5) is -0.00933. The molecule has 0 spiro atoms. The fourth-order valence-electron chi connectivity index (χ4n) is 2.12. The Morgan fingerprint density at radius 2 is 1.78 bits per heavy atom. The number of halogens is 3. The molecule has 1 N–H and O–H groups in total. The van der Waals surface area contributed by atoms with E-state index in [9.17, 15) is 21.6 Å². The molecule has 23 heavy (non-hydrogen) atoms. The van der Waals surface area contributed by atoms with Crippen molar-refractivity contribution in [3.05, 3.63) is 46.8 Å². The third-order valence-corrected chi connectivity index (χ3v) is 4.93. The van der Waals surface area contributed by atoms with Gasteiger partial charge in [0.25, 0.3) is 0 Å². The Labute approximate surface area is 131 Å². The second-order valence-electron chi connectivity index (χ2n) is 5.00. The third-order valence-electron chi connectivity index (χ3n) is 3.22. The van der Waals surface area contributed by atoms with Gasteiger partial charge in [-0.2, -0.15) is 13.2 Å². The molecule has 0 saturated heterocycles. The summed E-state index contributed by atoms with van der Waals surface area (Å²) in [5, 5.41) is 3.58. The minimum Gasteiger partial charge on any atom is -0.360 e. The molecule has 1 aromatic carbocycles. The van der Waals surface area contributed by atoms with Crippen LogP contribution in [0, 0.1) is 13.8 Å². The lowest BCUT2D eigenvalue weighted by atomic mass is 10.1. The molecule has 0 unspecified atom stereocenters. The molecule has 2 aromatic rings. The molecule has 0 radical (unpaired) electrons. The predicted molar refractivity (Wildman–Crippen MR) is 76.3 cm³/mol. The number of nitrogens with zero attached hydrogens (tertiary/aromatic N) is 1. The van der Waals surface area contributed by atoms with Gasteiger partial charge in [-0.15, -0.1) is 0 Å².